The average molecular weight is 403 g/mol. The van der Waals surface area contributed by atoms with Crippen molar-refractivity contribution in [3.05, 3.63) is 18.5 Å². The van der Waals surface area contributed by atoms with Gasteiger partial charge in [0.05, 0.1) is 12.6 Å². The second kappa shape index (κ2) is 6.19. The predicted molar refractivity (Wildman–Crippen MR) is 87.2 cm³/mol. The Kier molecular flexibility index (Phi) is 4.45. The maximum atomic E-state index is 12.9. The molecule has 0 aromatic carbocycles. The molecule has 0 radical (unpaired) electrons. The van der Waals surface area contributed by atoms with Crippen molar-refractivity contribution in [2.45, 2.75) is 38.3 Å². The zero-order chi connectivity index (χ0) is 21.1. The molecule has 2 aliphatic rings. The van der Waals surface area contributed by atoms with Gasteiger partial charge in [0.15, 0.2) is 0 Å². The second-order valence-electron chi connectivity index (χ2n) is 7.77. The van der Waals surface area contributed by atoms with Crippen LogP contribution in [0.15, 0.2) is 18.5 Å². The van der Waals surface area contributed by atoms with Crippen LogP contribution in [-0.2, 0) is 20.9 Å². The fourth-order valence-electron chi connectivity index (χ4n) is 4.34. The van der Waals surface area contributed by atoms with Crippen molar-refractivity contribution >= 4 is 17.8 Å². The van der Waals surface area contributed by atoms with E-state index in [9.17, 15) is 32.7 Å². The van der Waals surface area contributed by atoms with Crippen molar-refractivity contribution in [2.24, 2.45) is 23.0 Å². The van der Waals surface area contributed by atoms with Crippen LogP contribution in [0.3, 0.4) is 0 Å². The highest BCUT2D eigenvalue weighted by Crippen LogP contribution is 2.65. The number of carboxylic acid groups (broad SMARTS) is 1. The summed E-state index contributed by atoms with van der Waals surface area (Å²) in [5.74, 6) is -5.48. The molecule has 154 valence electrons. The third-order valence-electron chi connectivity index (χ3n) is 5.87. The van der Waals surface area contributed by atoms with Crippen LogP contribution in [0.2, 0.25) is 0 Å². The highest BCUT2D eigenvalue weighted by Gasteiger charge is 2.72. The summed E-state index contributed by atoms with van der Waals surface area (Å²) in [5.41, 5.74) is 2.62. The number of hydrogen-bond donors (Lipinski definition) is 3. The molecular weight excluding hydrogens is 383 g/mol. The van der Waals surface area contributed by atoms with Gasteiger partial charge in [0.25, 0.3) is 0 Å². The quantitative estimate of drug-likeness (QED) is 0.602. The average Bonchev–Trinajstić information content (AvgIpc) is 3.00. The van der Waals surface area contributed by atoms with Gasteiger partial charge >= 0.3 is 18.1 Å². The molecule has 1 saturated heterocycles. The van der Waals surface area contributed by atoms with Crippen LogP contribution in [0.1, 0.15) is 13.8 Å². The van der Waals surface area contributed by atoms with Gasteiger partial charge in [-0.3, -0.25) is 19.2 Å². The lowest BCUT2D eigenvalue weighted by Crippen LogP contribution is -2.72. The van der Waals surface area contributed by atoms with E-state index < -0.39 is 42.2 Å². The summed E-state index contributed by atoms with van der Waals surface area (Å²) in [6, 6.07) is 0.314. The zero-order valence-electron chi connectivity index (χ0n) is 15.1. The molecule has 12 heteroatoms. The molecule has 0 spiro atoms. The first-order chi connectivity index (χ1) is 12.8. The number of carbonyl (C=O) groups excluding carboxylic acids is 2. The minimum Gasteiger partial charge on any atom is -0.478 e. The van der Waals surface area contributed by atoms with Crippen LogP contribution in [-0.4, -0.2) is 62.0 Å². The number of aliphatic carboxylic acids is 1. The topological polar surface area (TPSA) is 131 Å². The van der Waals surface area contributed by atoms with E-state index >= 15 is 0 Å². The number of alkyl halides is 3. The largest absolute Gasteiger partial charge is 0.478 e. The Morgan fingerprint density at radius 1 is 1.36 bits per heavy atom. The molecule has 9 nitrogen and oxygen atoms in total. The normalized spacial score (nSPS) is 28.2. The number of carboxylic acids is 1. The van der Waals surface area contributed by atoms with Gasteiger partial charge in [-0.2, -0.15) is 18.3 Å². The van der Waals surface area contributed by atoms with Gasteiger partial charge in [0.1, 0.15) is 0 Å². The zero-order valence-corrected chi connectivity index (χ0v) is 15.1. The molecule has 2 heterocycles. The molecule has 2 fully saturated rings. The number of carbonyl (C=O) groups is 3. The lowest BCUT2D eigenvalue weighted by atomic mass is 9.96. The van der Waals surface area contributed by atoms with Gasteiger partial charge in [-0.1, -0.05) is 13.8 Å². The Morgan fingerprint density at radius 3 is 2.46 bits per heavy atom. The summed E-state index contributed by atoms with van der Waals surface area (Å²) in [7, 11) is 0. The maximum Gasteiger partial charge on any atom is 0.471 e. The summed E-state index contributed by atoms with van der Waals surface area (Å²) in [4.78, 5) is 37.1. The van der Waals surface area contributed by atoms with E-state index in [1.54, 1.807) is 5.32 Å². The van der Waals surface area contributed by atoms with Crippen molar-refractivity contribution in [1.29, 1.82) is 0 Å². The summed E-state index contributed by atoms with van der Waals surface area (Å²) in [6.45, 7) is 3.11. The Hall–Kier alpha value is -2.63. The number of fused-ring (bicyclic) bond motifs is 1. The number of halogens is 3. The predicted octanol–water partition coefficient (Wildman–Crippen LogP) is -0.216. The lowest BCUT2D eigenvalue weighted by Gasteiger charge is -2.43. The smallest absolute Gasteiger partial charge is 0.471 e. The molecule has 4 atom stereocenters. The van der Waals surface area contributed by atoms with Crippen LogP contribution >= 0.6 is 0 Å². The fourth-order valence-corrected chi connectivity index (χ4v) is 4.34. The van der Waals surface area contributed by atoms with Crippen LogP contribution in [0.4, 0.5) is 13.2 Å². The Morgan fingerprint density at radius 2 is 2.00 bits per heavy atom. The highest BCUT2D eigenvalue weighted by atomic mass is 19.4. The number of amides is 2. The SMILES string of the molecule is CC1(C)C2CN([C@@](Cn3cccn3)(NC(=O)C(F)(F)F)C(=O)O)C(C(N)=O)C21. The summed E-state index contributed by atoms with van der Waals surface area (Å²) in [6.07, 6.45) is -2.65. The second-order valence-corrected chi connectivity index (χ2v) is 7.77. The fraction of sp³-hybridized carbons (Fsp3) is 0.625. The Balaban J connectivity index is 2.06. The van der Waals surface area contributed by atoms with Gasteiger partial charge in [0, 0.05) is 18.9 Å². The van der Waals surface area contributed by atoms with Gasteiger partial charge in [-0.25, -0.2) is 4.79 Å². The number of aromatic nitrogens is 2. The van der Waals surface area contributed by atoms with E-state index in [0.29, 0.717) is 0 Å². The van der Waals surface area contributed by atoms with Crippen LogP contribution in [0.25, 0.3) is 0 Å². The molecule has 1 aromatic heterocycles. The van der Waals surface area contributed by atoms with Crippen LogP contribution in [0, 0.1) is 17.3 Å². The first-order valence-corrected chi connectivity index (χ1v) is 8.48. The molecular formula is C16H20F3N5O4. The van der Waals surface area contributed by atoms with Crippen molar-refractivity contribution in [1.82, 2.24) is 20.0 Å². The molecule has 2 amide bonds. The van der Waals surface area contributed by atoms with E-state index in [1.165, 1.54) is 18.5 Å². The monoisotopic (exact) mass is 403 g/mol. The number of piperidine rings is 1. The minimum absolute atomic E-state index is 0.00300. The minimum atomic E-state index is -5.31. The number of nitrogens with zero attached hydrogens (tertiary/aromatic N) is 3. The summed E-state index contributed by atoms with van der Waals surface area (Å²) >= 11 is 0. The third kappa shape index (κ3) is 3.01. The van der Waals surface area contributed by atoms with Gasteiger partial charge in [-0.05, 0) is 23.3 Å². The van der Waals surface area contributed by atoms with Crippen molar-refractivity contribution in [3.8, 4) is 0 Å². The van der Waals surface area contributed by atoms with Crippen molar-refractivity contribution < 1.29 is 32.7 Å². The lowest BCUT2D eigenvalue weighted by molar-refractivity contribution is -0.184. The highest BCUT2D eigenvalue weighted by molar-refractivity contribution is 5.90. The maximum absolute atomic E-state index is 12.9. The standard InChI is InChI=1S/C16H20F3N5O4/c1-14(2)8-6-24(10(9(8)14)11(20)25)15(13(27)28,7-23-5-3-4-21-23)22-12(26)16(17,18)19/h3-5,8-10H,6-7H2,1-2H3,(H2,20,25)(H,22,26)(H,27,28)/t8?,9?,10?,15-/m1/s1. The number of nitrogens with two attached hydrogens (primary N) is 1. The first kappa shape index (κ1) is 20.1. The van der Waals surface area contributed by atoms with Gasteiger partial charge in [-0.15, -0.1) is 0 Å². The van der Waals surface area contributed by atoms with E-state index in [4.69, 9.17) is 5.73 Å². The van der Waals surface area contributed by atoms with Crippen molar-refractivity contribution in [3.63, 3.8) is 0 Å². The Labute approximate surface area is 157 Å². The van der Waals surface area contributed by atoms with Gasteiger partial charge in [0.2, 0.25) is 11.6 Å². The third-order valence-corrected chi connectivity index (χ3v) is 5.87. The van der Waals surface area contributed by atoms with Crippen LogP contribution < -0.4 is 11.1 Å². The molecule has 3 rings (SSSR count). The summed E-state index contributed by atoms with van der Waals surface area (Å²) in [5, 5.41) is 15.3. The number of primary amides is 1. The van der Waals surface area contributed by atoms with E-state index in [0.717, 1.165) is 9.58 Å². The van der Waals surface area contributed by atoms with E-state index in [-0.39, 0.29) is 23.8 Å². The molecule has 0 bridgehead atoms. The molecule has 1 aliphatic heterocycles. The molecule has 28 heavy (non-hydrogen) atoms. The number of likely N-dealkylation sites (tertiary alicyclic amines) is 1. The number of rotatable bonds is 6. The van der Waals surface area contributed by atoms with E-state index in [1.807, 2.05) is 13.8 Å². The molecule has 1 saturated carbocycles. The van der Waals surface area contributed by atoms with E-state index in [2.05, 4.69) is 5.10 Å². The van der Waals surface area contributed by atoms with Crippen LogP contribution in [0.5, 0.6) is 0 Å². The number of nitrogens with one attached hydrogen (secondary N) is 1. The Bertz CT molecular complexity index is 810. The number of hydrogen-bond acceptors (Lipinski definition) is 5. The molecule has 4 N–H and O–H groups in total. The first-order valence-electron chi connectivity index (χ1n) is 8.48. The molecule has 3 unspecified atom stereocenters. The molecule has 1 aliphatic carbocycles. The van der Waals surface area contributed by atoms with Crippen molar-refractivity contribution in [2.75, 3.05) is 6.54 Å². The van der Waals surface area contributed by atoms with Gasteiger partial charge < -0.3 is 16.2 Å². The molecule has 1 aromatic rings. The summed E-state index contributed by atoms with van der Waals surface area (Å²) < 4.78 is 39.9.